The summed E-state index contributed by atoms with van der Waals surface area (Å²) in [5, 5.41) is 15.0. The van der Waals surface area contributed by atoms with Crippen molar-refractivity contribution < 1.29 is 19.4 Å². The number of para-hydroxylation sites is 3. The molecule has 0 radical (unpaired) electrons. The Morgan fingerprint density at radius 3 is 2.36 bits per heavy atom. The van der Waals surface area contributed by atoms with Gasteiger partial charge in [0, 0.05) is 5.69 Å². The van der Waals surface area contributed by atoms with E-state index in [1.54, 1.807) is 66.7 Å². The van der Waals surface area contributed by atoms with Gasteiger partial charge in [-0.3, -0.25) is 10.1 Å². The van der Waals surface area contributed by atoms with Gasteiger partial charge in [-0.15, -0.1) is 0 Å². The van der Waals surface area contributed by atoms with Crippen LogP contribution >= 0.6 is 0 Å². The summed E-state index contributed by atoms with van der Waals surface area (Å²) in [4.78, 5) is 24.5. The Bertz CT molecular complexity index is 1080. The number of carbonyl (C=O) groups excluding carboxylic acids is 2. The molecular weight excluding hydrogens is 418 g/mol. The van der Waals surface area contributed by atoms with Gasteiger partial charge in [0.15, 0.2) is 0 Å². The molecule has 0 saturated carbocycles. The van der Waals surface area contributed by atoms with Crippen LogP contribution in [-0.2, 0) is 9.53 Å². The van der Waals surface area contributed by atoms with Crippen LogP contribution in [0.3, 0.4) is 0 Å². The molecule has 1 atom stereocenters. The van der Waals surface area contributed by atoms with Crippen molar-refractivity contribution in [3.63, 3.8) is 0 Å². The van der Waals surface area contributed by atoms with Gasteiger partial charge in [-0.25, -0.2) is 4.79 Å². The fourth-order valence-electron chi connectivity index (χ4n) is 3.18. The van der Waals surface area contributed by atoms with Crippen LogP contribution in [0.1, 0.15) is 30.9 Å². The van der Waals surface area contributed by atoms with Crippen molar-refractivity contribution in [3.05, 3.63) is 96.6 Å². The molecule has 3 aromatic carbocycles. The third-order valence-corrected chi connectivity index (χ3v) is 4.86. The molecule has 33 heavy (non-hydrogen) atoms. The number of anilines is 3. The summed E-state index contributed by atoms with van der Waals surface area (Å²) in [6.45, 7) is 0. The van der Waals surface area contributed by atoms with E-state index in [-0.39, 0.29) is 11.7 Å². The summed E-state index contributed by atoms with van der Waals surface area (Å²) in [7, 11) is 0. The lowest BCUT2D eigenvalue weighted by Gasteiger charge is -2.18. The number of phenolic OH excluding ortho intramolecular Hbond substituents is 1. The van der Waals surface area contributed by atoms with Crippen molar-refractivity contribution in [2.24, 2.45) is 0 Å². The fraction of sp³-hybridized carbons (Fsp3) is 0.154. The summed E-state index contributed by atoms with van der Waals surface area (Å²) < 4.78 is 5.65. The maximum Gasteiger partial charge on any atom is 0.412 e. The standard InChI is InChI=1S/C26H27N3O4/c27-22-11-7-8-12-23(22)29-25(31)14-6-2-5-13-24(19-15-17-21(30)18-16-19)33-26(32)28-20-9-3-1-4-10-20/h1,3-4,6-12,14-18,24,30H,2,5,13,27H2,(H,28,32)(H,29,31)/b14-6+/t24-/m1/s1. The molecule has 2 amide bonds. The van der Waals surface area contributed by atoms with E-state index in [9.17, 15) is 14.7 Å². The zero-order valence-corrected chi connectivity index (χ0v) is 18.1. The molecule has 0 heterocycles. The van der Waals surface area contributed by atoms with E-state index in [2.05, 4.69) is 10.6 Å². The van der Waals surface area contributed by atoms with Crippen molar-refractivity contribution in [1.82, 2.24) is 0 Å². The van der Waals surface area contributed by atoms with Crippen molar-refractivity contribution in [2.45, 2.75) is 25.4 Å². The molecule has 0 spiro atoms. The minimum Gasteiger partial charge on any atom is -0.508 e. The van der Waals surface area contributed by atoms with Crippen LogP contribution in [-0.4, -0.2) is 17.1 Å². The normalized spacial score (nSPS) is 11.6. The first-order valence-corrected chi connectivity index (χ1v) is 10.6. The summed E-state index contributed by atoms with van der Waals surface area (Å²) in [6, 6.07) is 22.7. The second kappa shape index (κ2) is 12.0. The quantitative estimate of drug-likeness (QED) is 0.194. The molecule has 7 nitrogen and oxygen atoms in total. The number of allylic oxidation sites excluding steroid dienone is 1. The molecule has 0 fully saturated rings. The zero-order valence-electron chi connectivity index (χ0n) is 18.1. The molecule has 0 unspecified atom stereocenters. The van der Waals surface area contributed by atoms with Gasteiger partial charge in [-0.05, 0) is 67.3 Å². The summed E-state index contributed by atoms with van der Waals surface area (Å²) in [5.41, 5.74) is 8.31. The molecule has 3 rings (SSSR count). The first-order valence-electron chi connectivity index (χ1n) is 10.6. The number of phenols is 1. The number of benzene rings is 3. The Kier molecular flexibility index (Phi) is 8.48. The lowest BCUT2D eigenvalue weighted by atomic mass is 10.0. The van der Waals surface area contributed by atoms with E-state index < -0.39 is 12.2 Å². The van der Waals surface area contributed by atoms with Crippen molar-refractivity contribution in [3.8, 4) is 5.75 Å². The Labute approximate surface area is 192 Å². The predicted molar refractivity (Wildman–Crippen MR) is 130 cm³/mol. The number of nitrogens with two attached hydrogens (primary N) is 1. The van der Waals surface area contributed by atoms with Crippen LogP contribution in [0.5, 0.6) is 5.75 Å². The molecule has 5 N–H and O–H groups in total. The molecule has 0 aliphatic heterocycles. The Balaban J connectivity index is 1.53. The number of hydrogen-bond acceptors (Lipinski definition) is 5. The third-order valence-electron chi connectivity index (χ3n) is 4.86. The van der Waals surface area contributed by atoms with Gasteiger partial charge in [0.2, 0.25) is 5.91 Å². The number of unbranched alkanes of at least 4 members (excludes halogenated alkanes) is 1. The zero-order chi connectivity index (χ0) is 23.5. The number of carbonyl (C=O) groups is 2. The smallest absolute Gasteiger partial charge is 0.412 e. The average molecular weight is 446 g/mol. The van der Waals surface area contributed by atoms with Gasteiger partial charge < -0.3 is 20.9 Å². The van der Waals surface area contributed by atoms with Crippen LogP contribution in [0.25, 0.3) is 0 Å². The molecule has 7 heteroatoms. The SMILES string of the molecule is Nc1ccccc1NC(=O)/C=C/CCC[C@@H](OC(=O)Nc1ccccc1)c1ccc(O)cc1. The fourth-order valence-corrected chi connectivity index (χ4v) is 3.18. The summed E-state index contributed by atoms with van der Waals surface area (Å²) >= 11 is 0. The van der Waals surface area contributed by atoms with Crippen molar-refractivity contribution in [2.75, 3.05) is 16.4 Å². The topological polar surface area (TPSA) is 114 Å². The van der Waals surface area contributed by atoms with Gasteiger partial charge >= 0.3 is 6.09 Å². The van der Waals surface area contributed by atoms with Gasteiger partial charge in [-0.2, -0.15) is 0 Å². The van der Waals surface area contributed by atoms with Gasteiger partial charge in [-0.1, -0.05) is 48.5 Å². The van der Waals surface area contributed by atoms with E-state index in [0.717, 1.165) is 5.56 Å². The maximum atomic E-state index is 12.4. The highest BCUT2D eigenvalue weighted by Gasteiger charge is 2.17. The Hall–Kier alpha value is -4.26. The van der Waals surface area contributed by atoms with Gasteiger partial charge in [0.1, 0.15) is 11.9 Å². The molecule has 0 saturated heterocycles. The number of hydrogen-bond donors (Lipinski definition) is 4. The second-order valence-electron chi connectivity index (χ2n) is 7.39. The maximum absolute atomic E-state index is 12.4. The highest BCUT2D eigenvalue weighted by atomic mass is 16.6. The highest BCUT2D eigenvalue weighted by molar-refractivity contribution is 6.01. The first kappa shape index (κ1) is 23.4. The predicted octanol–water partition coefficient (Wildman–Crippen LogP) is 5.63. The van der Waals surface area contributed by atoms with E-state index >= 15 is 0 Å². The molecule has 170 valence electrons. The van der Waals surface area contributed by atoms with Crippen LogP contribution in [0.2, 0.25) is 0 Å². The van der Waals surface area contributed by atoms with E-state index in [1.807, 2.05) is 18.2 Å². The number of nitrogen functional groups attached to an aromatic ring is 1. The first-order chi connectivity index (χ1) is 16.0. The minimum absolute atomic E-state index is 0.138. The highest BCUT2D eigenvalue weighted by Crippen LogP contribution is 2.26. The van der Waals surface area contributed by atoms with Crippen molar-refractivity contribution >= 4 is 29.1 Å². The van der Waals surface area contributed by atoms with Gasteiger partial charge in [0.05, 0.1) is 11.4 Å². The van der Waals surface area contributed by atoms with Crippen LogP contribution in [0, 0.1) is 0 Å². The molecular formula is C26H27N3O4. The monoisotopic (exact) mass is 445 g/mol. The summed E-state index contributed by atoms with van der Waals surface area (Å²) in [6.07, 6.45) is 4.02. The lowest BCUT2D eigenvalue weighted by Crippen LogP contribution is -2.17. The van der Waals surface area contributed by atoms with Crippen LogP contribution < -0.4 is 16.4 Å². The van der Waals surface area contributed by atoms with Gasteiger partial charge in [0.25, 0.3) is 0 Å². The van der Waals surface area contributed by atoms with E-state index in [0.29, 0.717) is 36.3 Å². The Morgan fingerprint density at radius 2 is 1.64 bits per heavy atom. The molecule has 0 aromatic heterocycles. The van der Waals surface area contributed by atoms with Crippen LogP contribution in [0.15, 0.2) is 91.0 Å². The molecule has 0 aliphatic carbocycles. The minimum atomic E-state index is -0.561. The second-order valence-corrected chi connectivity index (χ2v) is 7.39. The van der Waals surface area contributed by atoms with E-state index in [4.69, 9.17) is 10.5 Å². The largest absolute Gasteiger partial charge is 0.508 e. The van der Waals surface area contributed by atoms with Crippen molar-refractivity contribution in [1.29, 1.82) is 0 Å². The van der Waals surface area contributed by atoms with Crippen LogP contribution in [0.4, 0.5) is 21.9 Å². The average Bonchev–Trinajstić information content (AvgIpc) is 2.81. The third kappa shape index (κ3) is 7.74. The van der Waals surface area contributed by atoms with E-state index in [1.165, 1.54) is 6.08 Å². The molecule has 0 bridgehead atoms. The number of amides is 2. The molecule has 0 aliphatic rings. The summed E-state index contributed by atoms with van der Waals surface area (Å²) in [5.74, 6) is -0.124. The number of ether oxygens (including phenoxy) is 1. The molecule has 3 aromatic rings. The Morgan fingerprint density at radius 1 is 0.939 bits per heavy atom. The lowest BCUT2D eigenvalue weighted by molar-refractivity contribution is -0.111. The number of aromatic hydroxyl groups is 1. The number of nitrogens with one attached hydrogen (secondary N) is 2. The number of rotatable bonds is 9.